The Morgan fingerprint density at radius 1 is 1.47 bits per heavy atom. The van der Waals surface area contributed by atoms with Crippen LogP contribution in [0.3, 0.4) is 0 Å². The zero-order valence-electron chi connectivity index (χ0n) is 10.1. The zero-order valence-corrected chi connectivity index (χ0v) is 10.9. The summed E-state index contributed by atoms with van der Waals surface area (Å²) in [4.78, 5) is 14.4. The molecule has 0 spiro atoms. The average Bonchev–Trinajstić information content (AvgIpc) is 3.07. The number of aryl methyl sites for hydroxylation is 1. The van der Waals surface area contributed by atoms with Gasteiger partial charge in [-0.25, -0.2) is 4.79 Å². The Bertz CT molecular complexity index is 515. The Labute approximate surface area is 105 Å². The summed E-state index contributed by atoms with van der Waals surface area (Å²) in [5.74, 6) is 0.631. The third-order valence-electron chi connectivity index (χ3n) is 3.41. The predicted octanol–water partition coefficient (Wildman–Crippen LogP) is 3.29. The van der Waals surface area contributed by atoms with Gasteiger partial charge < -0.3 is 4.74 Å². The van der Waals surface area contributed by atoms with Crippen molar-refractivity contribution in [2.75, 3.05) is 7.11 Å². The minimum Gasteiger partial charge on any atom is -0.495 e. The van der Waals surface area contributed by atoms with Crippen molar-refractivity contribution in [3.8, 4) is 5.75 Å². The lowest BCUT2D eigenvalue weighted by molar-refractivity contribution is 0.404. The van der Waals surface area contributed by atoms with Crippen molar-refractivity contribution in [1.29, 1.82) is 0 Å². The monoisotopic (exact) mass is 251 g/mol. The van der Waals surface area contributed by atoms with Crippen molar-refractivity contribution < 1.29 is 9.53 Å². The maximum absolute atomic E-state index is 10.5. The summed E-state index contributed by atoms with van der Waals surface area (Å²) < 4.78 is 5.36. The minimum absolute atomic E-state index is 0.449. The maximum atomic E-state index is 10.5. The van der Waals surface area contributed by atoms with E-state index in [4.69, 9.17) is 16.3 Å². The fraction of sp³-hybridized carbons (Fsp3) is 0.462. The van der Waals surface area contributed by atoms with Gasteiger partial charge in [-0.05, 0) is 43.9 Å². The van der Waals surface area contributed by atoms with Crippen LogP contribution in [0.2, 0.25) is 5.02 Å². The molecule has 2 rings (SSSR count). The molecule has 0 unspecified atom stereocenters. The van der Waals surface area contributed by atoms with E-state index in [9.17, 15) is 4.79 Å². The number of ether oxygens (including phenoxy) is 1. The molecule has 0 amide bonds. The van der Waals surface area contributed by atoms with Gasteiger partial charge in [0.05, 0.1) is 12.1 Å². The number of halogens is 1. The number of aliphatic imine (C=N–C) groups is 1. The second-order valence-electron chi connectivity index (χ2n) is 4.45. The van der Waals surface area contributed by atoms with Gasteiger partial charge in [-0.15, -0.1) is 0 Å². The first-order valence-electron chi connectivity index (χ1n) is 5.49. The van der Waals surface area contributed by atoms with Crippen LogP contribution >= 0.6 is 11.6 Å². The van der Waals surface area contributed by atoms with Gasteiger partial charge in [0, 0.05) is 5.56 Å². The van der Waals surface area contributed by atoms with Crippen molar-refractivity contribution in [2.45, 2.75) is 32.2 Å². The van der Waals surface area contributed by atoms with Crippen LogP contribution in [0.5, 0.6) is 5.75 Å². The van der Waals surface area contributed by atoms with Gasteiger partial charge in [0.1, 0.15) is 11.3 Å². The molecular formula is C13H14ClNO2. The molecule has 0 bridgehead atoms. The molecule has 0 heterocycles. The minimum atomic E-state index is -0.449. The number of nitrogens with zero attached hydrogens (tertiary/aromatic N) is 1. The maximum Gasteiger partial charge on any atom is 0.235 e. The number of hydrogen-bond donors (Lipinski definition) is 0. The fourth-order valence-electron chi connectivity index (χ4n) is 2.04. The molecule has 1 aliphatic rings. The Morgan fingerprint density at radius 3 is 2.59 bits per heavy atom. The summed E-state index contributed by atoms with van der Waals surface area (Å²) >= 11 is 6.27. The molecule has 0 aromatic heterocycles. The van der Waals surface area contributed by atoms with E-state index in [-0.39, 0.29) is 0 Å². The topological polar surface area (TPSA) is 38.7 Å². The molecule has 1 aromatic carbocycles. The van der Waals surface area contributed by atoms with E-state index in [0.29, 0.717) is 10.8 Å². The van der Waals surface area contributed by atoms with Gasteiger partial charge in [-0.2, -0.15) is 4.99 Å². The lowest BCUT2D eigenvalue weighted by Crippen LogP contribution is -2.07. The van der Waals surface area contributed by atoms with Gasteiger partial charge in [0.15, 0.2) is 0 Å². The third kappa shape index (κ3) is 1.86. The van der Waals surface area contributed by atoms with Crippen LogP contribution < -0.4 is 4.74 Å². The largest absolute Gasteiger partial charge is 0.495 e. The van der Waals surface area contributed by atoms with Crippen molar-refractivity contribution in [3.05, 3.63) is 27.8 Å². The van der Waals surface area contributed by atoms with Crippen molar-refractivity contribution in [2.24, 2.45) is 4.99 Å². The van der Waals surface area contributed by atoms with Crippen LogP contribution in [0.25, 0.3) is 0 Å². The highest BCUT2D eigenvalue weighted by molar-refractivity contribution is 6.33. The Balaban J connectivity index is 2.66. The van der Waals surface area contributed by atoms with E-state index < -0.39 is 5.54 Å². The van der Waals surface area contributed by atoms with E-state index >= 15 is 0 Å². The number of hydrogen-bond acceptors (Lipinski definition) is 3. The molecule has 0 aliphatic heterocycles. The van der Waals surface area contributed by atoms with Crippen molar-refractivity contribution in [3.63, 3.8) is 0 Å². The number of methoxy groups -OCH3 is 1. The van der Waals surface area contributed by atoms with Gasteiger partial charge in [0.2, 0.25) is 6.08 Å². The molecule has 1 aromatic rings. The molecule has 1 fully saturated rings. The number of rotatable bonds is 3. The average molecular weight is 252 g/mol. The Kier molecular flexibility index (Phi) is 2.98. The zero-order chi connectivity index (χ0) is 12.6. The lowest BCUT2D eigenvalue weighted by atomic mass is 9.98. The van der Waals surface area contributed by atoms with Gasteiger partial charge >= 0.3 is 0 Å². The van der Waals surface area contributed by atoms with E-state index in [2.05, 4.69) is 4.99 Å². The van der Waals surface area contributed by atoms with E-state index in [0.717, 1.165) is 29.5 Å². The summed E-state index contributed by atoms with van der Waals surface area (Å²) in [6.07, 6.45) is 3.34. The second-order valence-corrected chi connectivity index (χ2v) is 4.83. The fourth-order valence-corrected chi connectivity index (χ4v) is 2.37. The number of isocyanates is 1. The van der Waals surface area contributed by atoms with Crippen LogP contribution in [-0.2, 0) is 10.3 Å². The summed E-state index contributed by atoms with van der Waals surface area (Å²) in [5, 5.41) is 0.606. The SMILES string of the molecule is COc1c(C2(N=C=O)CC2)cc(C)c(C)c1Cl. The van der Waals surface area contributed by atoms with Crippen LogP contribution in [0.4, 0.5) is 0 Å². The first kappa shape index (κ1) is 12.2. The highest BCUT2D eigenvalue weighted by Crippen LogP contribution is 2.54. The van der Waals surface area contributed by atoms with Crippen LogP contribution in [0.1, 0.15) is 29.5 Å². The van der Waals surface area contributed by atoms with E-state index in [1.54, 1.807) is 13.2 Å². The number of benzene rings is 1. The Hall–Kier alpha value is -1.31. The van der Waals surface area contributed by atoms with E-state index in [1.807, 2.05) is 19.9 Å². The molecule has 1 aliphatic carbocycles. The molecular weight excluding hydrogens is 238 g/mol. The molecule has 3 nitrogen and oxygen atoms in total. The molecule has 1 saturated carbocycles. The standard InChI is InChI=1S/C13H14ClNO2/c1-8-6-10(13(4-5-13)15-7-16)12(17-3)11(14)9(8)2/h6H,4-5H2,1-3H3. The molecule has 0 atom stereocenters. The summed E-state index contributed by atoms with van der Waals surface area (Å²) in [6.45, 7) is 3.94. The van der Waals surface area contributed by atoms with Crippen molar-refractivity contribution >= 4 is 17.7 Å². The number of carbonyl (C=O) groups excluding carboxylic acids is 1. The van der Waals surface area contributed by atoms with Crippen LogP contribution in [0, 0.1) is 13.8 Å². The van der Waals surface area contributed by atoms with Crippen LogP contribution in [0.15, 0.2) is 11.1 Å². The highest BCUT2D eigenvalue weighted by Gasteiger charge is 2.47. The summed E-state index contributed by atoms with van der Waals surface area (Å²) in [7, 11) is 1.58. The molecule has 0 radical (unpaired) electrons. The normalized spacial score (nSPS) is 16.2. The van der Waals surface area contributed by atoms with E-state index in [1.165, 1.54) is 0 Å². The van der Waals surface area contributed by atoms with Crippen molar-refractivity contribution in [1.82, 2.24) is 0 Å². The summed E-state index contributed by atoms with van der Waals surface area (Å²) in [5.41, 5.74) is 2.53. The molecule has 0 N–H and O–H groups in total. The first-order chi connectivity index (χ1) is 8.05. The smallest absolute Gasteiger partial charge is 0.235 e. The molecule has 4 heteroatoms. The second kappa shape index (κ2) is 4.17. The van der Waals surface area contributed by atoms with Gasteiger partial charge in [0.25, 0.3) is 0 Å². The highest BCUT2D eigenvalue weighted by atomic mass is 35.5. The Morgan fingerprint density at radius 2 is 2.12 bits per heavy atom. The van der Waals surface area contributed by atoms with Gasteiger partial charge in [-0.1, -0.05) is 11.6 Å². The van der Waals surface area contributed by atoms with Crippen LogP contribution in [-0.4, -0.2) is 13.2 Å². The summed E-state index contributed by atoms with van der Waals surface area (Å²) in [6, 6.07) is 2.01. The predicted molar refractivity (Wildman–Crippen MR) is 66.5 cm³/mol. The first-order valence-corrected chi connectivity index (χ1v) is 5.87. The quantitative estimate of drug-likeness (QED) is 0.611. The molecule has 90 valence electrons. The molecule has 0 saturated heterocycles. The molecule has 17 heavy (non-hydrogen) atoms. The lowest BCUT2D eigenvalue weighted by Gasteiger charge is -2.18. The van der Waals surface area contributed by atoms with Gasteiger partial charge in [-0.3, -0.25) is 0 Å². The third-order valence-corrected chi connectivity index (χ3v) is 3.87.